The van der Waals surface area contributed by atoms with Crippen molar-refractivity contribution in [1.29, 1.82) is 0 Å². The molecule has 0 radical (unpaired) electrons. The third kappa shape index (κ3) is 26.4. The summed E-state index contributed by atoms with van der Waals surface area (Å²) in [5, 5.41) is 86.7. The summed E-state index contributed by atoms with van der Waals surface area (Å²) in [7, 11) is 0. The highest BCUT2D eigenvalue weighted by molar-refractivity contribution is 5.76. The Hall–Kier alpha value is -2.83. The van der Waals surface area contributed by atoms with Crippen LogP contribution in [-0.2, 0) is 23.7 Å². The number of unbranched alkanes of at least 4 members (excludes halogenated alkanes) is 13. The number of nitrogens with one attached hydrogen (secondary N) is 1. The van der Waals surface area contributed by atoms with Crippen LogP contribution in [0.5, 0.6) is 0 Å². The van der Waals surface area contributed by atoms with Gasteiger partial charge in [-0.1, -0.05) is 163 Å². The molecule has 2 fully saturated rings. The molecule has 0 saturated carbocycles. The van der Waals surface area contributed by atoms with Crippen LogP contribution in [0.1, 0.15) is 155 Å². The number of carbonyl (C=O) groups excluding carboxylic acids is 1. The molecule has 68 heavy (non-hydrogen) atoms. The Bertz CT molecular complexity index is 1460. The largest absolute Gasteiger partial charge is 0.394 e. The zero-order valence-electron chi connectivity index (χ0n) is 41.3. The summed E-state index contributed by atoms with van der Waals surface area (Å²) in [5.74, 6) is -0.310. The summed E-state index contributed by atoms with van der Waals surface area (Å²) in [5.41, 5.74) is 0. The monoisotopic (exact) mass is 962 g/mol. The van der Waals surface area contributed by atoms with E-state index in [0.717, 1.165) is 44.9 Å². The number of rotatable bonds is 38. The van der Waals surface area contributed by atoms with E-state index in [1.807, 2.05) is 12.2 Å². The topological polar surface area (TPSA) is 228 Å². The van der Waals surface area contributed by atoms with Crippen molar-refractivity contribution < 1.29 is 64.6 Å². The minimum Gasteiger partial charge on any atom is -0.394 e. The zero-order chi connectivity index (χ0) is 49.6. The summed E-state index contributed by atoms with van der Waals surface area (Å²) >= 11 is 0. The van der Waals surface area contributed by atoms with E-state index in [1.54, 1.807) is 6.08 Å². The van der Waals surface area contributed by atoms with Gasteiger partial charge in [-0.05, 0) is 70.6 Å². The van der Waals surface area contributed by atoms with Gasteiger partial charge < -0.3 is 65.1 Å². The van der Waals surface area contributed by atoms with Crippen LogP contribution in [0, 0.1) is 0 Å². The van der Waals surface area contributed by atoms with E-state index < -0.39 is 86.8 Å². The van der Waals surface area contributed by atoms with Gasteiger partial charge in [-0.25, -0.2) is 0 Å². The van der Waals surface area contributed by atoms with Crippen molar-refractivity contribution in [2.24, 2.45) is 0 Å². The molecule has 0 spiro atoms. The molecule has 9 N–H and O–H groups in total. The van der Waals surface area contributed by atoms with Crippen LogP contribution in [0.3, 0.4) is 0 Å². The summed E-state index contributed by atoms with van der Waals surface area (Å²) < 4.78 is 22.6. The second kappa shape index (κ2) is 39.8. The molecular formula is C54H91NO13. The standard InChI is InChI=1S/C54H91NO13/c1-3-5-7-9-11-13-15-17-19-21-23-25-27-29-31-33-35-37-43(58)42(55-46(59)38-36-34-32-30-28-26-24-22-20-18-16-14-12-10-8-6-4-2)41-65-53-51(64)49(62)52(45(40-57)67-53)68-54-50(63)48(61)47(60)44(39-56)66-54/h6,8,12,14,18,20,24,26-27,29-30,32,35,37,42-45,47-54,56-58,60-64H,3-5,7,9-11,13,15-17,19,21-23,25,28,31,33-34,36,38-41H2,1-2H3,(H,55,59)/b8-6-,14-12-,20-18-,26-24-,29-27+,32-30-,37-35+. The Kier molecular flexibility index (Phi) is 35.9. The van der Waals surface area contributed by atoms with Crippen molar-refractivity contribution in [3.63, 3.8) is 0 Å². The maximum atomic E-state index is 13.2. The molecular weight excluding hydrogens is 871 g/mol. The first-order chi connectivity index (χ1) is 33.1. The maximum absolute atomic E-state index is 13.2. The van der Waals surface area contributed by atoms with Crippen LogP contribution in [0.25, 0.3) is 0 Å². The van der Waals surface area contributed by atoms with Gasteiger partial charge in [0.1, 0.15) is 48.8 Å². The molecule has 2 aliphatic heterocycles. The summed E-state index contributed by atoms with van der Waals surface area (Å²) in [4.78, 5) is 13.2. The number of aliphatic hydroxyl groups excluding tert-OH is 8. The highest BCUT2D eigenvalue weighted by Crippen LogP contribution is 2.30. The second-order valence-electron chi connectivity index (χ2n) is 17.9. The number of carbonyl (C=O) groups is 1. The lowest BCUT2D eigenvalue weighted by Crippen LogP contribution is -2.65. The zero-order valence-corrected chi connectivity index (χ0v) is 41.3. The van der Waals surface area contributed by atoms with Gasteiger partial charge >= 0.3 is 0 Å². The molecule has 12 atom stereocenters. The summed E-state index contributed by atoms with van der Waals surface area (Å²) in [6.45, 7) is 2.59. The van der Waals surface area contributed by atoms with E-state index in [0.29, 0.717) is 19.3 Å². The molecule has 390 valence electrons. The van der Waals surface area contributed by atoms with Gasteiger partial charge in [0, 0.05) is 6.42 Å². The normalized spacial score (nSPS) is 27.1. The van der Waals surface area contributed by atoms with Crippen molar-refractivity contribution in [3.8, 4) is 0 Å². The first kappa shape index (κ1) is 61.3. The molecule has 2 rings (SSSR count). The molecule has 2 heterocycles. The fourth-order valence-electron chi connectivity index (χ4n) is 7.87. The fraction of sp³-hybridized carbons (Fsp3) is 0.722. The van der Waals surface area contributed by atoms with Crippen molar-refractivity contribution in [2.45, 2.75) is 229 Å². The van der Waals surface area contributed by atoms with Crippen LogP contribution < -0.4 is 5.32 Å². The van der Waals surface area contributed by atoms with Gasteiger partial charge in [0.05, 0.1) is 32.0 Å². The van der Waals surface area contributed by atoms with Gasteiger partial charge in [0.15, 0.2) is 12.6 Å². The van der Waals surface area contributed by atoms with Crippen LogP contribution in [-0.4, -0.2) is 140 Å². The van der Waals surface area contributed by atoms with E-state index in [2.05, 4.69) is 86.0 Å². The van der Waals surface area contributed by atoms with Gasteiger partial charge in [-0.3, -0.25) is 4.79 Å². The Morgan fingerprint density at radius 3 is 1.62 bits per heavy atom. The SMILES string of the molecule is CC/C=C\C/C=C\C/C=C\C/C=C\C/C=C\CCCC(=O)NC(COC1OC(CO)C(OC2OC(CO)C(O)C(O)C2O)C(O)C1O)C(O)/C=C/CC/C=C/CCCCCCCCCCCCC. The number of hydrogen-bond acceptors (Lipinski definition) is 13. The highest BCUT2D eigenvalue weighted by Gasteiger charge is 2.51. The second-order valence-corrected chi connectivity index (χ2v) is 17.9. The van der Waals surface area contributed by atoms with E-state index in [9.17, 15) is 45.6 Å². The first-order valence-corrected chi connectivity index (χ1v) is 25.8. The average Bonchev–Trinajstić information content (AvgIpc) is 3.34. The van der Waals surface area contributed by atoms with E-state index in [1.165, 1.54) is 70.6 Å². The third-order valence-electron chi connectivity index (χ3n) is 12.1. The Morgan fingerprint density at radius 1 is 0.544 bits per heavy atom. The lowest BCUT2D eigenvalue weighted by atomic mass is 9.97. The van der Waals surface area contributed by atoms with Crippen LogP contribution >= 0.6 is 0 Å². The molecule has 0 aromatic carbocycles. The van der Waals surface area contributed by atoms with E-state index >= 15 is 0 Å². The Balaban J connectivity index is 1.90. The minimum atomic E-state index is -1.80. The number of hydrogen-bond donors (Lipinski definition) is 9. The molecule has 14 nitrogen and oxygen atoms in total. The number of allylic oxidation sites excluding steroid dienone is 13. The molecule has 1 amide bonds. The molecule has 0 aromatic rings. The van der Waals surface area contributed by atoms with Crippen LogP contribution in [0.15, 0.2) is 85.1 Å². The van der Waals surface area contributed by atoms with Crippen molar-refractivity contribution >= 4 is 5.91 Å². The van der Waals surface area contributed by atoms with Crippen molar-refractivity contribution in [3.05, 3.63) is 85.1 Å². The highest BCUT2D eigenvalue weighted by atomic mass is 16.7. The van der Waals surface area contributed by atoms with E-state index in [4.69, 9.17) is 18.9 Å². The lowest BCUT2D eigenvalue weighted by molar-refractivity contribution is -0.359. The molecule has 2 saturated heterocycles. The Labute approximate surface area is 408 Å². The van der Waals surface area contributed by atoms with Crippen molar-refractivity contribution in [2.75, 3.05) is 19.8 Å². The fourth-order valence-corrected chi connectivity index (χ4v) is 7.87. The van der Waals surface area contributed by atoms with Crippen LogP contribution in [0.4, 0.5) is 0 Å². The minimum absolute atomic E-state index is 0.190. The van der Waals surface area contributed by atoms with Crippen molar-refractivity contribution in [1.82, 2.24) is 5.32 Å². The lowest BCUT2D eigenvalue weighted by Gasteiger charge is -2.46. The molecule has 0 aromatic heterocycles. The molecule has 0 bridgehead atoms. The molecule has 14 heteroatoms. The van der Waals surface area contributed by atoms with Crippen LogP contribution in [0.2, 0.25) is 0 Å². The third-order valence-corrected chi connectivity index (χ3v) is 12.1. The molecule has 2 aliphatic rings. The first-order valence-electron chi connectivity index (χ1n) is 25.8. The van der Waals surface area contributed by atoms with Gasteiger partial charge in [-0.15, -0.1) is 0 Å². The van der Waals surface area contributed by atoms with Gasteiger partial charge in [0.25, 0.3) is 0 Å². The van der Waals surface area contributed by atoms with E-state index in [-0.39, 0.29) is 18.9 Å². The average molecular weight is 962 g/mol. The Morgan fingerprint density at radius 2 is 1.03 bits per heavy atom. The quantitative estimate of drug-likeness (QED) is 0.0225. The molecule has 0 aliphatic carbocycles. The number of amides is 1. The predicted molar refractivity (Wildman–Crippen MR) is 267 cm³/mol. The molecule has 12 unspecified atom stereocenters. The maximum Gasteiger partial charge on any atom is 0.220 e. The van der Waals surface area contributed by atoms with Gasteiger partial charge in [-0.2, -0.15) is 0 Å². The smallest absolute Gasteiger partial charge is 0.220 e. The summed E-state index contributed by atoms with van der Waals surface area (Å²) in [6, 6.07) is -0.965. The number of aliphatic hydroxyl groups is 8. The summed E-state index contributed by atoms with van der Waals surface area (Å²) in [6.07, 6.45) is 34.8. The number of ether oxygens (including phenoxy) is 4. The van der Waals surface area contributed by atoms with Gasteiger partial charge in [0.2, 0.25) is 5.91 Å². The predicted octanol–water partition coefficient (Wildman–Crippen LogP) is 6.99.